The Morgan fingerprint density at radius 3 is 2.56 bits per heavy atom. The number of nitrogens with zero attached hydrogens (tertiary/aromatic N) is 1. The minimum atomic E-state index is 0. The van der Waals surface area contributed by atoms with Crippen molar-refractivity contribution >= 4 is 41.5 Å². The molecule has 94 valence electrons. The molecular weight excluding hydrogens is 336 g/mol. The number of nitrogens with one attached hydrogen (secondary N) is 2. The summed E-state index contributed by atoms with van der Waals surface area (Å²) in [6.45, 7) is 8.02. The largest absolute Gasteiger partial charge is 0.357 e. The Morgan fingerprint density at radius 2 is 2.12 bits per heavy atom. The van der Waals surface area contributed by atoms with Gasteiger partial charge in [-0.05, 0) is 25.7 Å². The van der Waals surface area contributed by atoms with Gasteiger partial charge in [0.05, 0.1) is 6.54 Å². The molecule has 1 aliphatic rings. The molecule has 1 rings (SSSR count). The predicted octanol–water partition coefficient (Wildman–Crippen LogP) is 2.71. The Balaban J connectivity index is 0.00000225. The van der Waals surface area contributed by atoms with E-state index in [9.17, 15) is 0 Å². The van der Waals surface area contributed by atoms with Crippen molar-refractivity contribution in [2.75, 3.05) is 19.6 Å². The molecule has 0 unspecified atom stereocenters. The minimum Gasteiger partial charge on any atom is -0.357 e. The highest BCUT2D eigenvalue weighted by molar-refractivity contribution is 14.0. The molecule has 0 aromatic carbocycles. The van der Waals surface area contributed by atoms with E-state index in [1.165, 1.54) is 19.3 Å². The highest BCUT2D eigenvalue weighted by Gasteiger charge is 2.17. The van der Waals surface area contributed by atoms with Crippen LogP contribution in [0.25, 0.3) is 0 Å². The zero-order valence-corrected chi connectivity index (χ0v) is 12.8. The van der Waals surface area contributed by atoms with Crippen LogP contribution in [0.2, 0.25) is 0 Å². The summed E-state index contributed by atoms with van der Waals surface area (Å²) in [7, 11) is 0. The molecule has 0 amide bonds. The van der Waals surface area contributed by atoms with E-state index >= 15 is 0 Å². The maximum Gasteiger partial charge on any atom is 0.191 e. The normalized spacial score (nSPS) is 16.0. The summed E-state index contributed by atoms with van der Waals surface area (Å²) in [6, 6.07) is 0. The maximum atomic E-state index is 5.67. The molecule has 2 N–H and O–H groups in total. The van der Waals surface area contributed by atoms with Crippen LogP contribution in [-0.4, -0.2) is 25.6 Å². The Labute approximate surface area is 120 Å². The summed E-state index contributed by atoms with van der Waals surface area (Å²) in [6.07, 6.45) is 4.06. The first kappa shape index (κ1) is 16.0. The fourth-order valence-corrected chi connectivity index (χ4v) is 1.50. The summed E-state index contributed by atoms with van der Waals surface area (Å²) < 4.78 is 0. The predicted molar refractivity (Wildman–Crippen MR) is 81.7 cm³/mol. The van der Waals surface area contributed by atoms with E-state index in [1.54, 1.807) is 0 Å². The lowest BCUT2D eigenvalue weighted by Gasteiger charge is -2.26. The smallest absolute Gasteiger partial charge is 0.191 e. The molecule has 0 radical (unpaired) electrons. The molecule has 0 heterocycles. The summed E-state index contributed by atoms with van der Waals surface area (Å²) in [5, 5.41) is 7.06. The van der Waals surface area contributed by atoms with Crippen molar-refractivity contribution in [1.29, 1.82) is 0 Å². The second-order valence-electron chi connectivity index (χ2n) is 3.89. The van der Waals surface area contributed by atoms with Gasteiger partial charge in [-0.2, -0.15) is 0 Å². The van der Waals surface area contributed by atoms with Crippen molar-refractivity contribution in [3.63, 3.8) is 0 Å². The van der Waals surface area contributed by atoms with Gasteiger partial charge in [-0.1, -0.05) is 24.6 Å². The van der Waals surface area contributed by atoms with Crippen LogP contribution in [0.15, 0.2) is 16.6 Å². The molecule has 0 spiro atoms. The number of rotatable bonds is 5. The van der Waals surface area contributed by atoms with Gasteiger partial charge < -0.3 is 10.6 Å². The summed E-state index contributed by atoms with van der Waals surface area (Å²) in [4.78, 5) is 4.31. The molecule has 16 heavy (non-hydrogen) atoms. The lowest BCUT2D eigenvalue weighted by molar-refractivity contribution is 0.314. The number of aliphatic imine (C=N–C) groups is 1. The van der Waals surface area contributed by atoms with E-state index < -0.39 is 0 Å². The number of hydrogen-bond acceptors (Lipinski definition) is 1. The molecule has 0 aromatic heterocycles. The van der Waals surface area contributed by atoms with E-state index in [1.807, 2.05) is 0 Å². The lowest BCUT2D eigenvalue weighted by Crippen LogP contribution is -2.41. The molecular formula is C11H21ClIN3. The summed E-state index contributed by atoms with van der Waals surface area (Å²) in [5.74, 6) is 1.67. The third-order valence-corrected chi connectivity index (χ3v) is 2.66. The van der Waals surface area contributed by atoms with Crippen molar-refractivity contribution < 1.29 is 0 Å². The Bertz CT molecular complexity index is 239. The quantitative estimate of drug-likeness (QED) is 0.451. The van der Waals surface area contributed by atoms with Crippen LogP contribution in [0.4, 0.5) is 0 Å². The van der Waals surface area contributed by atoms with E-state index in [-0.39, 0.29) is 24.0 Å². The molecule has 0 aromatic rings. The first-order valence-electron chi connectivity index (χ1n) is 5.57. The fraction of sp³-hybridized carbons (Fsp3) is 0.727. The maximum absolute atomic E-state index is 5.67. The van der Waals surface area contributed by atoms with Gasteiger partial charge >= 0.3 is 0 Å². The number of hydrogen-bond donors (Lipinski definition) is 2. The van der Waals surface area contributed by atoms with E-state index in [4.69, 9.17) is 11.6 Å². The number of halogens is 2. The SMILES string of the molecule is C=C(Cl)CN=C(NCC)NCC1CCC1.I. The molecule has 1 saturated carbocycles. The highest BCUT2D eigenvalue weighted by Crippen LogP contribution is 2.24. The first-order valence-corrected chi connectivity index (χ1v) is 5.95. The van der Waals surface area contributed by atoms with Crippen LogP contribution in [0.3, 0.4) is 0 Å². The van der Waals surface area contributed by atoms with Gasteiger partial charge in [0.1, 0.15) is 0 Å². The Hall–Kier alpha value is 0.0300. The minimum absolute atomic E-state index is 0. The molecule has 0 aliphatic heterocycles. The third-order valence-electron chi connectivity index (χ3n) is 2.54. The van der Waals surface area contributed by atoms with Crippen molar-refractivity contribution in [2.45, 2.75) is 26.2 Å². The van der Waals surface area contributed by atoms with Crippen LogP contribution in [0, 0.1) is 5.92 Å². The first-order chi connectivity index (χ1) is 7.22. The Morgan fingerprint density at radius 1 is 1.44 bits per heavy atom. The van der Waals surface area contributed by atoms with Crippen molar-refractivity contribution in [1.82, 2.24) is 10.6 Å². The monoisotopic (exact) mass is 357 g/mol. The molecule has 0 saturated heterocycles. The van der Waals surface area contributed by atoms with Gasteiger partial charge in [0.25, 0.3) is 0 Å². The lowest BCUT2D eigenvalue weighted by atomic mass is 9.85. The van der Waals surface area contributed by atoms with E-state index in [0.717, 1.165) is 25.0 Å². The topological polar surface area (TPSA) is 36.4 Å². The van der Waals surface area contributed by atoms with Crippen LogP contribution >= 0.6 is 35.6 Å². The molecule has 0 atom stereocenters. The van der Waals surface area contributed by atoms with Crippen molar-refractivity contribution in [2.24, 2.45) is 10.9 Å². The van der Waals surface area contributed by atoms with Crippen LogP contribution in [0.5, 0.6) is 0 Å². The average Bonchev–Trinajstić information content (AvgIpc) is 2.11. The average molecular weight is 358 g/mol. The van der Waals surface area contributed by atoms with Crippen LogP contribution < -0.4 is 10.6 Å². The van der Waals surface area contributed by atoms with E-state index in [0.29, 0.717) is 11.6 Å². The van der Waals surface area contributed by atoms with Crippen LogP contribution in [0.1, 0.15) is 26.2 Å². The standard InChI is InChI=1S/C11H20ClN3.HI/c1-3-13-11(14-7-9(2)12)15-8-10-5-4-6-10;/h10H,2-8H2,1H3,(H2,13,14,15);1H. The fourth-order valence-electron chi connectivity index (χ4n) is 1.44. The highest BCUT2D eigenvalue weighted by atomic mass is 127. The van der Waals surface area contributed by atoms with Crippen LogP contribution in [-0.2, 0) is 0 Å². The van der Waals surface area contributed by atoms with Gasteiger partial charge in [0, 0.05) is 18.1 Å². The Kier molecular flexibility index (Phi) is 9.12. The number of guanidine groups is 1. The zero-order valence-electron chi connectivity index (χ0n) is 9.76. The second kappa shape index (κ2) is 9.10. The summed E-state index contributed by atoms with van der Waals surface area (Å²) >= 11 is 5.67. The van der Waals surface area contributed by atoms with Gasteiger partial charge in [-0.25, -0.2) is 4.99 Å². The van der Waals surface area contributed by atoms with Crippen molar-refractivity contribution in [3.05, 3.63) is 11.6 Å². The molecule has 5 heteroatoms. The van der Waals surface area contributed by atoms with Gasteiger partial charge in [-0.15, -0.1) is 24.0 Å². The zero-order chi connectivity index (χ0) is 11.1. The van der Waals surface area contributed by atoms with Gasteiger partial charge in [0.2, 0.25) is 0 Å². The molecule has 1 fully saturated rings. The second-order valence-corrected chi connectivity index (χ2v) is 4.42. The van der Waals surface area contributed by atoms with E-state index in [2.05, 4.69) is 29.1 Å². The molecule has 0 bridgehead atoms. The molecule has 3 nitrogen and oxygen atoms in total. The van der Waals surface area contributed by atoms with Gasteiger partial charge in [-0.3, -0.25) is 0 Å². The third kappa shape index (κ3) is 6.58. The summed E-state index contributed by atoms with van der Waals surface area (Å²) in [5.41, 5.74) is 0. The molecule has 1 aliphatic carbocycles. The van der Waals surface area contributed by atoms with Crippen molar-refractivity contribution in [3.8, 4) is 0 Å². The van der Waals surface area contributed by atoms with Gasteiger partial charge in [0.15, 0.2) is 5.96 Å².